The van der Waals surface area contributed by atoms with Crippen molar-refractivity contribution in [2.75, 3.05) is 13.1 Å². The number of carbonyl (C=O) groups is 1. The van der Waals surface area contributed by atoms with Gasteiger partial charge < -0.3 is 5.32 Å². The Balaban J connectivity index is 2.18. The Morgan fingerprint density at radius 2 is 2.36 bits per heavy atom. The largest absolute Gasteiger partial charge is 0.316 e. The molecule has 1 aliphatic heterocycles. The van der Waals surface area contributed by atoms with Gasteiger partial charge in [-0.05, 0) is 19.0 Å². The van der Waals surface area contributed by atoms with Gasteiger partial charge in [0.2, 0.25) is 0 Å². The number of carbonyl (C=O) groups excluding carboxylic acids is 1. The molecule has 0 radical (unpaired) electrons. The summed E-state index contributed by atoms with van der Waals surface area (Å²) < 4.78 is 0.501. The van der Waals surface area contributed by atoms with Gasteiger partial charge in [-0.3, -0.25) is 4.79 Å². The summed E-state index contributed by atoms with van der Waals surface area (Å²) in [5, 5.41) is 3.64. The summed E-state index contributed by atoms with van der Waals surface area (Å²) in [4.78, 5) is 12.5. The van der Waals surface area contributed by atoms with Crippen LogP contribution in [-0.2, 0) is 0 Å². The van der Waals surface area contributed by atoms with Crippen LogP contribution >= 0.6 is 34.5 Å². The van der Waals surface area contributed by atoms with Gasteiger partial charge in [-0.15, -0.1) is 11.3 Å². The van der Waals surface area contributed by atoms with Crippen LogP contribution in [0.2, 0.25) is 9.36 Å². The van der Waals surface area contributed by atoms with Gasteiger partial charge in [-0.25, -0.2) is 0 Å². The van der Waals surface area contributed by atoms with E-state index in [9.17, 15) is 4.79 Å². The summed E-state index contributed by atoms with van der Waals surface area (Å²) in [6, 6.07) is 1.66. The maximum absolute atomic E-state index is 11.9. The molecule has 0 bridgehead atoms. The van der Waals surface area contributed by atoms with Crippen LogP contribution in [0.15, 0.2) is 6.07 Å². The van der Waals surface area contributed by atoms with Crippen LogP contribution in [0.4, 0.5) is 0 Å². The summed E-state index contributed by atoms with van der Waals surface area (Å²) in [5.41, 5.74) is 0. The number of ketones is 1. The average Bonchev–Trinajstić information content (AvgIpc) is 2.76. The zero-order chi connectivity index (χ0) is 10.1. The molecule has 76 valence electrons. The minimum absolute atomic E-state index is 0.0979. The Hall–Kier alpha value is -0.0900. The first-order valence-electron chi connectivity index (χ1n) is 4.38. The highest BCUT2D eigenvalue weighted by atomic mass is 35.5. The van der Waals surface area contributed by atoms with Crippen molar-refractivity contribution < 1.29 is 4.79 Å². The van der Waals surface area contributed by atoms with Crippen LogP contribution in [0.5, 0.6) is 0 Å². The first-order chi connectivity index (χ1) is 6.68. The van der Waals surface area contributed by atoms with Gasteiger partial charge in [-0.2, -0.15) is 0 Å². The lowest BCUT2D eigenvalue weighted by atomic mass is 10.0. The number of halogens is 2. The molecule has 2 nitrogen and oxygen atoms in total. The van der Waals surface area contributed by atoms with Gasteiger partial charge in [-0.1, -0.05) is 23.2 Å². The minimum Gasteiger partial charge on any atom is -0.316 e. The van der Waals surface area contributed by atoms with Crippen LogP contribution in [-0.4, -0.2) is 18.9 Å². The molecule has 0 aliphatic carbocycles. The van der Waals surface area contributed by atoms with Crippen molar-refractivity contribution in [2.24, 2.45) is 5.92 Å². The minimum atomic E-state index is 0.0979. The third-order valence-electron chi connectivity index (χ3n) is 2.32. The molecule has 5 heteroatoms. The number of rotatable bonds is 2. The standard InChI is InChI=1S/C9H9Cl2NOS/c10-6-3-7(14-9(6)11)8(13)5-1-2-12-4-5/h3,5,12H,1-2,4H2. The van der Waals surface area contributed by atoms with Crippen molar-refractivity contribution >= 4 is 40.3 Å². The third-order valence-corrected chi connectivity index (χ3v) is 4.20. The quantitative estimate of drug-likeness (QED) is 0.818. The van der Waals surface area contributed by atoms with E-state index in [4.69, 9.17) is 23.2 Å². The lowest BCUT2D eigenvalue weighted by Gasteiger charge is -2.03. The Bertz CT molecular complexity index is 338. The molecular formula is C9H9Cl2NOS. The Kier molecular flexibility index (Phi) is 3.12. The Labute approximate surface area is 96.2 Å². The number of Topliss-reactive ketones (excluding diaryl/α,β-unsaturated/α-hetero) is 1. The van der Waals surface area contributed by atoms with Crippen LogP contribution in [0.1, 0.15) is 16.1 Å². The molecule has 1 fully saturated rings. The number of hydrogen-bond acceptors (Lipinski definition) is 3. The summed E-state index contributed by atoms with van der Waals surface area (Å²) >= 11 is 12.9. The average molecular weight is 250 g/mol. The highest BCUT2D eigenvalue weighted by molar-refractivity contribution is 7.18. The van der Waals surface area contributed by atoms with E-state index >= 15 is 0 Å². The number of hydrogen-bond donors (Lipinski definition) is 1. The van der Waals surface area contributed by atoms with E-state index in [1.807, 2.05) is 0 Å². The molecule has 1 unspecified atom stereocenters. The van der Waals surface area contributed by atoms with Crippen molar-refractivity contribution in [1.82, 2.24) is 5.32 Å². The lowest BCUT2D eigenvalue weighted by Crippen LogP contribution is -2.16. The number of nitrogens with one attached hydrogen (secondary N) is 1. The second-order valence-corrected chi connectivity index (χ2v) is 5.35. The summed E-state index contributed by atoms with van der Waals surface area (Å²) in [6.07, 6.45) is 0.909. The third kappa shape index (κ3) is 1.96. The molecule has 0 saturated carbocycles. The summed E-state index contributed by atoms with van der Waals surface area (Å²) in [5.74, 6) is 0.259. The van der Waals surface area contributed by atoms with E-state index < -0.39 is 0 Å². The number of thiophene rings is 1. The Morgan fingerprint density at radius 1 is 1.57 bits per heavy atom. The van der Waals surface area contributed by atoms with E-state index in [0.717, 1.165) is 19.5 Å². The van der Waals surface area contributed by atoms with Gasteiger partial charge in [0.25, 0.3) is 0 Å². The van der Waals surface area contributed by atoms with E-state index in [0.29, 0.717) is 14.2 Å². The highest BCUT2D eigenvalue weighted by Crippen LogP contribution is 2.33. The van der Waals surface area contributed by atoms with Crippen LogP contribution < -0.4 is 5.32 Å². The molecule has 1 aliphatic rings. The molecule has 2 rings (SSSR count). The second kappa shape index (κ2) is 4.19. The fraction of sp³-hybridized carbons (Fsp3) is 0.444. The zero-order valence-corrected chi connectivity index (χ0v) is 9.68. The normalized spacial score (nSPS) is 21.4. The van der Waals surface area contributed by atoms with Crippen molar-refractivity contribution in [1.29, 1.82) is 0 Å². The maximum atomic E-state index is 11.9. The molecule has 1 atom stereocenters. The molecule has 0 amide bonds. The van der Waals surface area contributed by atoms with Crippen LogP contribution in [0.3, 0.4) is 0 Å². The SMILES string of the molecule is O=C(c1cc(Cl)c(Cl)s1)C1CCNC1. The molecule has 2 heterocycles. The lowest BCUT2D eigenvalue weighted by molar-refractivity contribution is 0.0934. The van der Waals surface area contributed by atoms with Gasteiger partial charge in [0.15, 0.2) is 5.78 Å². The molecule has 14 heavy (non-hydrogen) atoms. The molecule has 1 aromatic rings. The van der Waals surface area contributed by atoms with E-state index in [-0.39, 0.29) is 11.7 Å². The predicted octanol–water partition coefficient (Wildman–Crippen LogP) is 2.85. The molecule has 1 aromatic heterocycles. The summed E-state index contributed by atoms with van der Waals surface area (Å²) in [6.45, 7) is 1.69. The molecule has 0 spiro atoms. The van der Waals surface area contributed by atoms with Crippen LogP contribution in [0.25, 0.3) is 0 Å². The van der Waals surface area contributed by atoms with Gasteiger partial charge in [0.1, 0.15) is 4.34 Å². The molecule has 0 aromatic carbocycles. The fourth-order valence-electron chi connectivity index (χ4n) is 1.55. The monoisotopic (exact) mass is 249 g/mol. The van der Waals surface area contributed by atoms with Gasteiger partial charge >= 0.3 is 0 Å². The maximum Gasteiger partial charge on any atom is 0.177 e. The van der Waals surface area contributed by atoms with Gasteiger partial charge in [0.05, 0.1) is 9.90 Å². The van der Waals surface area contributed by atoms with Crippen LogP contribution in [0, 0.1) is 5.92 Å². The summed E-state index contributed by atoms with van der Waals surface area (Å²) in [7, 11) is 0. The predicted molar refractivity (Wildman–Crippen MR) is 59.6 cm³/mol. The molecular weight excluding hydrogens is 241 g/mol. The topological polar surface area (TPSA) is 29.1 Å². The molecule has 1 saturated heterocycles. The second-order valence-electron chi connectivity index (χ2n) is 3.29. The van der Waals surface area contributed by atoms with E-state index in [2.05, 4.69) is 5.32 Å². The zero-order valence-electron chi connectivity index (χ0n) is 7.35. The first-order valence-corrected chi connectivity index (χ1v) is 5.95. The van der Waals surface area contributed by atoms with Crippen molar-refractivity contribution in [2.45, 2.75) is 6.42 Å². The van der Waals surface area contributed by atoms with Gasteiger partial charge in [0, 0.05) is 12.5 Å². The van der Waals surface area contributed by atoms with Crippen molar-refractivity contribution in [3.63, 3.8) is 0 Å². The highest BCUT2D eigenvalue weighted by Gasteiger charge is 2.25. The Morgan fingerprint density at radius 3 is 2.86 bits per heavy atom. The van der Waals surface area contributed by atoms with E-state index in [1.165, 1.54) is 11.3 Å². The fourth-order valence-corrected chi connectivity index (χ4v) is 2.93. The molecule has 1 N–H and O–H groups in total. The van der Waals surface area contributed by atoms with Crippen molar-refractivity contribution in [3.05, 3.63) is 20.3 Å². The van der Waals surface area contributed by atoms with E-state index in [1.54, 1.807) is 6.07 Å². The smallest absolute Gasteiger partial charge is 0.177 e. The first kappa shape index (κ1) is 10.4. The van der Waals surface area contributed by atoms with Crippen molar-refractivity contribution in [3.8, 4) is 0 Å².